The first-order chi connectivity index (χ1) is 6.67. The van der Waals surface area contributed by atoms with E-state index >= 15 is 0 Å². The minimum Gasteiger partial charge on any atom is -0.346 e. The topological polar surface area (TPSA) is 52.8 Å². The van der Waals surface area contributed by atoms with Gasteiger partial charge in [-0.1, -0.05) is 0 Å². The maximum absolute atomic E-state index is 8.72. The Hall–Kier alpha value is -1.15. The molecule has 0 radical (unpaired) electrons. The molecule has 76 valence electrons. The third-order valence-corrected chi connectivity index (χ3v) is 2.75. The molecule has 0 spiro atoms. The van der Waals surface area contributed by atoms with Crippen molar-refractivity contribution in [3.05, 3.63) is 5.82 Å². The third kappa shape index (κ3) is 2.67. The van der Waals surface area contributed by atoms with Crippen LogP contribution in [0.25, 0.3) is 0 Å². The summed E-state index contributed by atoms with van der Waals surface area (Å²) in [6, 6.07) is 2.22. The van der Waals surface area contributed by atoms with E-state index in [0.717, 1.165) is 24.0 Å². The molecule has 1 aromatic heterocycles. The van der Waals surface area contributed by atoms with Gasteiger partial charge in [0, 0.05) is 24.6 Å². The fourth-order valence-corrected chi connectivity index (χ4v) is 1.88. The average Bonchev–Trinajstić information content (AvgIpc) is 2.60. The number of hydrogen-bond acceptors (Lipinski definition) is 5. The Labute approximate surface area is 88.4 Å². The smallest absolute Gasteiger partial charge is 0.205 e. The first-order valence-corrected chi connectivity index (χ1v) is 5.39. The van der Waals surface area contributed by atoms with Gasteiger partial charge in [-0.05, 0) is 20.8 Å². The molecule has 0 aliphatic carbocycles. The normalized spacial score (nSPS) is 12.1. The molecule has 0 aromatic carbocycles. The van der Waals surface area contributed by atoms with Crippen LogP contribution in [0.3, 0.4) is 0 Å². The summed E-state index contributed by atoms with van der Waals surface area (Å²) in [7, 11) is 0. The third-order valence-electron chi connectivity index (χ3n) is 1.88. The van der Waals surface area contributed by atoms with E-state index in [1.54, 1.807) is 0 Å². The molecule has 1 rings (SSSR count). The van der Waals surface area contributed by atoms with Crippen molar-refractivity contribution in [2.45, 2.75) is 20.8 Å². The molecule has 14 heavy (non-hydrogen) atoms. The Kier molecular flexibility index (Phi) is 3.84. The van der Waals surface area contributed by atoms with Gasteiger partial charge in [0.15, 0.2) is 0 Å². The highest BCUT2D eigenvalue weighted by molar-refractivity contribution is 7.09. The lowest BCUT2D eigenvalue weighted by molar-refractivity contribution is 0.684. The van der Waals surface area contributed by atoms with E-state index in [4.69, 9.17) is 5.26 Å². The maximum atomic E-state index is 8.72. The van der Waals surface area contributed by atoms with Crippen molar-refractivity contribution in [2.75, 3.05) is 18.0 Å². The summed E-state index contributed by atoms with van der Waals surface area (Å²) in [5.74, 6) is 0.826. The second-order valence-corrected chi connectivity index (χ2v) is 3.92. The van der Waals surface area contributed by atoms with Gasteiger partial charge in [0.2, 0.25) is 5.13 Å². The van der Waals surface area contributed by atoms with Gasteiger partial charge in [-0.15, -0.1) is 0 Å². The van der Waals surface area contributed by atoms with E-state index in [9.17, 15) is 0 Å². The maximum Gasteiger partial charge on any atom is 0.205 e. The van der Waals surface area contributed by atoms with Crippen LogP contribution < -0.4 is 4.90 Å². The molecule has 1 aromatic rings. The molecule has 0 bridgehead atoms. The van der Waals surface area contributed by atoms with Gasteiger partial charge >= 0.3 is 0 Å². The molecule has 0 N–H and O–H groups in total. The number of nitriles is 1. The molecule has 0 amide bonds. The van der Waals surface area contributed by atoms with Gasteiger partial charge in [-0.3, -0.25) is 0 Å². The van der Waals surface area contributed by atoms with Crippen molar-refractivity contribution < 1.29 is 0 Å². The predicted molar refractivity (Wildman–Crippen MR) is 57.3 cm³/mol. The highest BCUT2D eigenvalue weighted by atomic mass is 32.1. The number of anilines is 1. The molecule has 1 heterocycles. The number of hydrogen-bond donors (Lipinski definition) is 0. The summed E-state index contributed by atoms with van der Waals surface area (Å²) in [5, 5.41) is 9.63. The molecular weight excluding hydrogens is 196 g/mol. The fourth-order valence-electron chi connectivity index (χ4n) is 1.13. The molecule has 4 nitrogen and oxygen atoms in total. The van der Waals surface area contributed by atoms with Crippen LogP contribution in [0.2, 0.25) is 0 Å². The van der Waals surface area contributed by atoms with Crippen molar-refractivity contribution in [1.82, 2.24) is 9.36 Å². The summed E-state index contributed by atoms with van der Waals surface area (Å²) < 4.78 is 4.12. The number of aromatic nitrogens is 2. The van der Waals surface area contributed by atoms with E-state index in [2.05, 4.69) is 27.3 Å². The van der Waals surface area contributed by atoms with E-state index < -0.39 is 0 Å². The molecule has 0 fully saturated rings. The van der Waals surface area contributed by atoms with Crippen molar-refractivity contribution >= 4 is 16.7 Å². The van der Waals surface area contributed by atoms with E-state index in [1.165, 1.54) is 11.5 Å². The molecule has 1 atom stereocenters. The van der Waals surface area contributed by atoms with Crippen molar-refractivity contribution in [2.24, 2.45) is 5.92 Å². The Morgan fingerprint density at radius 1 is 1.64 bits per heavy atom. The molecule has 5 heteroatoms. The van der Waals surface area contributed by atoms with Crippen LogP contribution in [0.5, 0.6) is 0 Å². The zero-order valence-corrected chi connectivity index (χ0v) is 9.51. The lowest BCUT2D eigenvalue weighted by atomic mass is 10.2. The standard InChI is InChI=1S/C9H14N4S/c1-4-13(6-7(2)5-10)9-11-8(3)12-14-9/h7H,4,6H2,1-3H3. The zero-order valence-electron chi connectivity index (χ0n) is 8.69. The SMILES string of the molecule is CCN(CC(C)C#N)c1nc(C)ns1. The van der Waals surface area contributed by atoms with E-state index in [1.807, 2.05) is 13.8 Å². The van der Waals surface area contributed by atoms with Crippen LogP contribution in [0, 0.1) is 24.2 Å². The largest absolute Gasteiger partial charge is 0.346 e. The van der Waals surface area contributed by atoms with Crippen LogP contribution in [0.1, 0.15) is 19.7 Å². The number of aryl methyl sites for hydroxylation is 1. The first-order valence-electron chi connectivity index (χ1n) is 4.62. The summed E-state index contributed by atoms with van der Waals surface area (Å²) in [6.07, 6.45) is 0. The van der Waals surface area contributed by atoms with Crippen LogP contribution in [0.4, 0.5) is 5.13 Å². The Balaban J connectivity index is 2.68. The summed E-state index contributed by atoms with van der Waals surface area (Å²) >= 11 is 1.39. The lowest BCUT2D eigenvalue weighted by Crippen LogP contribution is -2.27. The highest BCUT2D eigenvalue weighted by Crippen LogP contribution is 2.17. The zero-order chi connectivity index (χ0) is 10.6. The quantitative estimate of drug-likeness (QED) is 0.760. The van der Waals surface area contributed by atoms with Crippen LogP contribution in [-0.2, 0) is 0 Å². The first kappa shape index (κ1) is 10.9. The Bertz CT molecular complexity index is 328. The Morgan fingerprint density at radius 2 is 2.36 bits per heavy atom. The Morgan fingerprint density at radius 3 is 2.79 bits per heavy atom. The van der Waals surface area contributed by atoms with Gasteiger partial charge < -0.3 is 4.90 Å². The van der Waals surface area contributed by atoms with Crippen molar-refractivity contribution in [3.8, 4) is 6.07 Å². The summed E-state index contributed by atoms with van der Waals surface area (Å²) in [5.41, 5.74) is 0. The minimum atomic E-state index is 0.0270. The molecular formula is C9H14N4S. The fraction of sp³-hybridized carbons (Fsp3) is 0.667. The second kappa shape index (κ2) is 4.91. The lowest BCUT2D eigenvalue weighted by Gasteiger charge is -2.19. The van der Waals surface area contributed by atoms with E-state index in [-0.39, 0.29) is 5.92 Å². The predicted octanol–water partition coefficient (Wildman–Crippen LogP) is 1.83. The van der Waals surface area contributed by atoms with Gasteiger partial charge in [-0.2, -0.15) is 9.64 Å². The molecule has 0 saturated carbocycles. The number of rotatable bonds is 4. The molecule has 1 unspecified atom stereocenters. The van der Waals surface area contributed by atoms with Crippen LogP contribution in [-0.4, -0.2) is 22.4 Å². The second-order valence-electron chi connectivity index (χ2n) is 3.19. The van der Waals surface area contributed by atoms with Crippen molar-refractivity contribution in [3.63, 3.8) is 0 Å². The average molecular weight is 210 g/mol. The van der Waals surface area contributed by atoms with Crippen LogP contribution >= 0.6 is 11.5 Å². The van der Waals surface area contributed by atoms with Gasteiger partial charge in [0.05, 0.1) is 12.0 Å². The van der Waals surface area contributed by atoms with Gasteiger partial charge in [0.25, 0.3) is 0 Å². The molecule has 0 aliphatic heterocycles. The molecule has 0 aliphatic rings. The summed E-state index contributed by atoms with van der Waals surface area (Å²) in [6.45, 7) is 7.43. The monoisotopic (exact) mass is 210 g/mol. The van der Waals surface area contributed by atoms with Gasteiger partial charge in [-0.25, -0.2) is 4.98 Å². The van der Waals surface area contributed by atoms with Crippen molar-refractivity contribution in [1.29, 1.82) is 5.26 Å². The minimum absolute atomic E-state index is 0.0270. The number of nitrogens with zero attached hydrogens (tertiary/aromatic N) is 4. The van der Waals surface area contributed by atoms with Gasteiger partial charge in [0.1, 0.15) is 5.82 Å². The molecule has 0 saturated heterocycles. The van der Waals surface area contributed by atoms with Crippen LogP contribution in [0.15, 0.2) is 0 Å². The van der Waals surface area contributed by atoms with E-state index in [0.29, 0.717) is 0 Å². The highest BCUT2D eigenvalue weighted by Gasteiger charge is 2.12. The summed E-state index contributed by atoms with van der Waals surface area (Å²) in [4.78, 5) is 6.38.